The number of ether oxygens (including phenoxy) is 1. The first kappa shape index (κ1) is 19.7. The van der Waals surface area contributed by atoms with Crippen molar-refractivity contribution in [2.75, 3.05) is 7.11 Å². The lowest BCUT2D eigenvalue weighted by Crippen LogP contribution is -2.44. The maximum absolute atomic E-state index is 5.82. The van der Waals surface area contributed by atoms with Gasteiger partial charge in [-0.25, -0.2) is 0 Å². The van der Waals surface area contributed by atoms with E-state index in [0.29, 0.717) is 19.1 Å². The molecule has 0 radical (unpaired) electrons. The summed E-state index contributed by atoms with van der Waals surface area (Å²) in [5, 5.41) is 4.43. The number of methoxy groups -OCH3 is 1. The Kier molecular flexibility index (Phi) is 7.57. The number of rotatable bonds is 6. The molecule has 4 nitrogen and oxygen atoms in total. The summed E-state index contributed by atoms with van der Waals surface area (Å²) in [5.41, 5.74) is 1.12. The third kappa shape index (κ3) is 5.99. The van der Waals surface area contributed by atoms with Crippen LogP contribution in [0.5, 0.6) is 5.75 Å². The van der Waals surface area contributed by atoms with Gasteiger partial charge in [0.1, 0.15) is 11.5 Å². The minimum Gasteiger partial charge on any atom is -0.496 e. The van der Waals surface area contributed by atoms with Crippen molar-refractivity contribution in [3.63, 3.8) is 0 Å². The fraction of sp³-hybridized carbons (Fsp3) is 0.500. The molecule has 0 spiro atoms. The first-order valence-corrected chi connectivity index (χ1v) is 10.4. The van der Waals surface area contributed by atoms with Gasteiger partial charge in [-0.05, 0) is 43.3 Å². The fourth-order valence-corrected chi connectivity index (χ4v) is 3.99. The zero-order valence-electron chi connectivity index (χ0n) is 16.2. The van der Waals surface area contributed by atoms with E-state index in [2.05, 4.69) is 16.3 Å². The topological polar surface area (TPSA) is 37.6 Å². The molecule has 1 saturated carbocycles. The van der Waals surface area contributed by atoms with Crippen molar-refractivity contribution in [2.45, 2.75) is 64.1 Å². The van der Waals surface area contributed by atoms with E-state index < -0.39 is 0 Å². The van der Waals surface area contributed by atoms with Gasteiger partial charge in [-0.15, -0.1) is 0 Å². The second-order valence-electron chi connectivity index (χ2n) is 7.24. The molecule has 0 aliphatic heterocycles. The minimum absolute atomic E-state index is 0.467. The smallest absolute Gasteiger partial charge is 0.169 e. The quantitative estimate of drug-likeness (QED) is 0.684. The highest BCUT2D eigenvalue weighted by atomic mass is 32.1. The maximum atomic E-state index is 5.82. The molecule has 1 N–H and O–H groups in total. The zero-order valence-corrected chi connectivity index (χ0v) is 17.0. The standard InChI is InChI=1S/C22H30N2O2S/c1-25-21-14-8-7-10-18(21)16-24(17-20-13-9-15-26-20)22(27)23-19-11-5-3-2-4-6-12-19/h7-10,13-15,19H,2-6,11-12,16-17H2,1H3,(H,23,27). The number of nitrogens with one attached hydrogen (secondary N) is 1. The molecule has 0 saturated heterocycles. The van der Waals surface area contributed by atoms with Crippen LogP contribution in [0.4, 0.5) is 0 Å². The second kappa shape index (κ2) is 10.4. The van der Waals surface area contributed by atoms with Crippen LogP contribution in [0.1, 0.15) is 56.3 Å². The van der Waals surface area contributed by atoms with E-state index >= 15 is 0 Å². The van der Waals surface area contributed by atoms with Crippen LogP contribution in [0.3, 0.4) is 0 Å². The Bertz CT molecular complexity index is 694. The van der Waals surface area contributed by atoms with Gasteiger partial charge in [0.15, 0.2) is 5.11 Å². The number of hydrogen-bond donors (Lipinski definition) is 1. The van der Waals surface area contributed by atoms with Gasteiger partial charge in [-0.3, -0.25) is 0 Å². The molecule has 1 heterocycles. The first-order valence-electron chi connectivity index (χ1n) is 9.96. The van der Waals surface area contributed by atoms with Crippen molar-refractivity contribution in [3.05, 3.63) is 54.0 Å². The largest absolute Gasteiger partial charge is 0.496 e. The summed E-state index contributed by atoms with van der Waals surface area (Å²) in [4.78, 5) is 2.17. The van der Waals surface area contributed by atoms with Crippen molar-refractivity contribution in [1.29, 1.82) is 0 Å². The van der Waals surface area contributed by atoms with E-state index in [4.69, 9.17) is 21.4 Å². The van der Waals surface area contributed by atoms with Gasteiger partial charge in [0.25, 0.3) is 0 Å². The molecular formula is C22H30N2O2S. The van der Waals surface area contributed by atoms with Crippen LogP contribution < -0.4 is 10.1 Å². The summed E-state index contributed by atoms with van der Waals surface area (Å²) in [6, 6.07) is 12.5. The SMILES string of the molecule is COc1ccccc1CN(Cc1ccco1)C(=S)NC1CCCCCCC1. The molecule has 1 aliphatic carbocycles. The van der Waals surface area contributed by atoms with Gasteiger partial charge in [0.05, 0.1) is 19.9 Å². The van der Waals surface area contributed by atoms with Crippen LogP contribution in [0.25, 0.3) is 0 Å². The molecule has 3 rings (SSSR count). The van der Waals surface area contributed by atoms with Gasteiger partial charge in [-0.1, -0.05) is 50.3 Å². The van der Waals surface area contributed by atoms with Crippen LogP contribution >= 0.6 is 12.2 Å². The Morgan fingerprint density at radius 3 is 2.52 bits per heavy atom. The summed E-state index contributed by atoms with van der Waals surface area (Å²) in [7, 11) is 1.71. The van der Waals surface area contributed by atoms with Gasteiger partial charge in [0.2, 0.25) is 0 Å². The predicted molar refractivity (Wildman–Crippen MR) is 113 cm³/mol. The van der Waals surface area contributed by atoms with Crippen molar-refractivity contribution in [1.82, 2.24) is 10.2 Å². The Hall–Kier alpha value is -2.01. The van der Waals surface area contributed by atoms with E-state index in [9.17, 15) is 0 Å². The lowest BCUT2D eigenvalue weighted by atomic mass is 9.97. The van der Waals surface area contributed by atoms with Crippen molar-refractivity contribution in [3.8, 4) is 5.75 Å². The van der Waals surface area contributed by atoms with Crippen LogP contribution in [0, 0.1) is 0 Å². The highest BCUT2D eigenvalue weighted by molar-refractivity contribution is 7.80. The first-order chi connectivity index (χ1) is 13.3. The summed E-state index contributed by atoms with van der Waals surface area (Å²) in [6.45, 7) is 1.33. The molecule has 27 heavy (non-hydrogen) atoms. The molecular weight excluding hydrogens is 356 g/mol. The molecule has 0 atom stereocenters. The van der Waals surface area contributed by atoms with Crippen LogP contribution in [0.15, 0.2) is 47.1 Å². The van der Waals surface area contributed by atoms with Crippen molar-refractivity contribution < 1.29 is 9.15 Å². The molecule has 146 valence electrons. The number of benzene rings is 1. The molecule has 1 aliphatic rings. The minimum atomic E-state index is 0.467. The lowest BCUT2D eigenvalue weighted by Gasteiger charge is -2.30. The number of thiocarbonyl (C=S) groups is 1. The summed E-state index contributed by atoms with van der Waals surface area (Å²) >= 11 is 5.82. The molecule has 2 aromatic rings. The van der Waals surface area contributed by atoms with E-state index in [-0.39, 0.29) is 0 Å². The number of hydrogen-bond acceptors (Lipinski definition) is 3. The second-order valence-corrected chi connectivity index (χ2v) is 7.63. The van der Waals surface area contributed by atoms with E-state index in [1.54, 1.807) is 13.4 Å². The summed E-state index contributed by atoms with van der Waals surface area (Å²) in [5.74, 6) is 1.79. The Balaban J connectivity index is 1.71. The molecule has 1 aromatic carbocycles. The average molecular weight is 387 g/mol. The predicted octanol–water partition coefficient (Wildman–Crippen LogP) is 5.28. The molecule has 1 aromatic heterocycles. The molecule has 1 fully saturated rings. The van der Waals surface area contributed by atoms with Gasteiger partial charge < -0.3 is 19.4 Å². The Labute approximate surface area is 167 Å². The number of furan rings is 1. The lowest BCUT2D eigenvalue weighted by molar-refractivity contribution is 0.330. The Morgan fingerprint density at radius 2 is 1.81 bits per heavy atom. The number of para-hydroxylation sites is 1. The normalized spacial score (nSPS) is 15.6. The van der Waals surface area contributed by atoms with Gasteiger partial charge in [-0.2, -0.15) is 0 Å². The number of nitrogens with zero attached hydrogens (tertiary/aromatic N) is 1. The molecule has 0 unspecified atom stereocenters. The monoisotopic (exact) mass is 386 g/mol. The Morgan fingerprint density at radius 1 is 1.07 bits per heavy atom. The van der Waals surface area contributed by atoms with E-state index in [1.165, 1.54) is 44.9 Å². The maximum Gasteiger partial charge on any atom is 0.169 e. The fourth-order valence-electron chi connectivity index (χ4n) is 3.70. The zero-order chi connectivity index (χ0) is 18.9. The molecule has 0 bridgehead atoms. The third-order valence-corrected chi connectivity index (χ3v) is 5.58. The summed E-state index contributed by atoms with van der Waals surface area (Å²) in [6.07, 6.45) is 10.7. The average Bonchev–Trinajstić information content (AvgIpc) is 3.17. The van der Waals surface area contributed by atoms with Crippen LogP contribution in [0.2, 0.25) is 0 Å². The van der Waals surface area contributed by atoms with E-state index in [1.807, 2.05) is 30.3 Å². The molecule has 5 heteroatoms. The summed E-state index contributed by atoms with van der Waals surface area (Å²) < 4.78 is 11.1. The van der Waals surface area contributed by atoms with Gasteiger partial charge >= 0.3 is 0 Å². The highest BCUT2D eigenvalue weighted by Crippen LogP contribution is 2.22. The van der Waals surface area contributed by atoms with Crippen molar-refractivity contribution in [2.24, 2.45) is 0 Å². The van der Waals surface area contributed by atoms with Crippen LogP contribution in [-0.2, 0) is 13.1 Å². The van der Waals surface area contributed by atoms with Gasteiger partial charge in [0, 0.05) is 18.2 Å². The van der Waals surface area contributed by atoms with Crippen molar-refractivity contribution >= 4 is 17.3 Å². The highest BCUT2D eigenvalue weighted by Gasteiger charge is 2.18. The van der Waals surface area contributed by atoms with Crippen LogP contribution in [-0.4, -0.2) is 23.2 Å². The molecule has 0 amide bonds. The van der Waals surface area contributed by atoms with E-state index in [0.717, 1.165) is 22.2 Å². The third-order valence-electron chi connectivity index (χ3n) is 5.20.